The molecule has 1 aromatic heterocycles. The van der Waals surface area contributed by atoms with Crippen LogP contribution in [0.3, 0.4) is 0 Å². The third-order valence-corrected chi connectivity index (χ3v) is 3.88. The van der Waals surface area contributed by atoms with Crippen molar-refractivity contribution in [2.45, 2.75) is 6.10 Å². The summed E-state index contributed by atoms with van der Waals surface area (Å²) >= 11 is 0. The molecule has 132 valence electrons. The molecule has 0 aliphatic rings. The van der Waals surface area contributed by atoms with Gasteiger partial charge < -0.3 is 9.64 Å². The second-order valence-electron chi connectivity index (χ2n) is 5.88. The van der Waals surface area contributed by atoms with Gasteiger partial charge >= 0.3 is 5.97 Å². The highest BCUT2D eigenvalue weighted by molar-refractivity contribution is 6.02. The molecule has 0 saturated heterocycles. The Balaban J connectivity index is 2.00. The van der Waals surface area contributed by atoms with Gasteiger partial charge in [0.25, 0.3) is 11.5 Å². The van der Waals surface area contributed by atoms with Gasteiger partial charge in [-0.15, -0.1) is 0 Å². The van der Waals surface area contributed by atoms with Crippen molar-refractivity contribution in [1.29, 1.82) is 0 Å². The number of hydrogen-bond donors (Lipinski definition) is 1. The van der Waals surface area contributed by atoms with E-state index in [9.17, 15) is 14.4 Å². The van der Waals surface area contributed by atoms with E-state index in [1.807, 2.05) is 0 Å². The number of benzene rings is 2. The molecule has 2 aromatic carbocycles. The Morgan fingerprint density at radius 3 is 2.27 bits per heavy atom. The van der Waals surface area contributed by atoms with Crippen LogP contribution in [-0.4, -0.2) is 41.1 Å². The Hall–Kier alpha value is -3.48. The quantitative estimate of drug-likeness (QED) is 0.725. The van der Waals surface area contributed by atoms with Crippen molar-refractivity contribution >= 4 is 22.6 Å². The molecule has 3 aromatic rings. The second kappa shape index (κ2) is 7.18. The molecule has 0 spiro atoms. The van der Waals surface area contributed by atoms with E-state index < -0.39 is 17.6 Å². The van der Waals surface area contributed by atoms with E-state index in [-0.39, 0.29) is 11.6 Å². The molecule has 1 heterocycles. The molecule has 0 radical (unpaired) electrons. The van der Waals surface area contributed by atoms with Crippen molar-refractivity contribution in [1.82, 2.24) is 15.1 Å². The van der Waals surface area contributed by atoms with E-state index in [0.29, 0.717) is 16.3 Å². The smallest absolute Gasteiger partial charge is 0.360 e. The summed E-state index contributed by atoms with van der Waals surface area (Å²) in [5.41, 5.74) is 0.0992. The Morgan fingerprint density at radius 2 is 1.62 bits per heavy atom. The van der Waals surface area contributed by atoms with Crippen molar-refractivity contribution in [3.05, 3.63) is 76.2 Å². The molecule has 3 rings (SSSR count). The SMILES string of the molecule is CN(C)C(=O)[C@H](OC(=O)c1n[nH]c(=O)c2ccccc12)c1ccccc1. The van der Waals surface area contributed by atoms with Crippen LogP contribution in [0.2, 0.25) is 0 Å². The Bertz CT molecular complexity index is 1010. The van der Waals surface area contributed by atoms with Crippen molar-refractivity contribution < 1.29 is 14.3 Å². The minimum Gasteiger partial charge on any atom is -0.442 e. The fourth-order valence-corrected chi connectivity index (χ4v) is 2.56. The molecule has 0 aliphatic carbocycles. The summed E-state index contributed by atoms with van der Waals surface area (Å²) in [7, 11) is 3.17. The summed E-state index contributed by atoms with van der Waals surface area (Å²) in [5.74, 6) is -1.17. The third-order valence-electron chi connectivity index (χ3n) is 3.88. The van der Waals surface area contributed by atoms with Crippen molar-refractivity contribution in [2.75, 3.05) is 14.1 Å². The summed E-state index contributed by atoms with van der Waals surface area (Å²) in [6, 6.07) is 15.3. The molecule has 7 heteroatoms. The average Bonchev–Trinajstić information content (AvgIpc) is 2.66. The van der Waals surface area contributed by atoms with Gasteiger partial charge in [0.05, 0.1) is 5.39 Å². The zero-order chi connectivity index (χ0) is 18.7. The molecule has 1 amide bonds. The first-order valence-electron chi connectivity index (χ1n) is 7.93. The maximum atomic E-state index is 12.7. The summed E-state index contributed by atoms with van der Waals surface area (Å²) in [5, 5.41) is 6.80. The number of carbonyl (C=O) groups excluding carboxylic acids is 2. The number of rotatable bonds is 4. The van der Waals surface area contributed by atoms with Crippen LogP contribution < -0.4 is 5.56 Å². The molecular formula is C19H17N3O4. The van der Waals surface area contributed by atoms with Crippen molar-refractivity contribution in [3.8, 4) is 0 Å². The van der Waals surface area contributed by atoms with Gasteiger partial charge in [0.1, 0.15) is 0 Å². The maximum absolute atomic E-state index is 12.7. The molecule has 0 saturated carbocycles. The predicted octanol–water partition coefficient (Wildman–Crippen LogP) is 1.91. The van der Waals surface area contributed by atoms with E-state index >= 15 is 0 Å². The minimum atomic E-state index is -1.11. The van der Waals surface area contributed by atoms with Gasteiger partial charge in [-0.1, -0.05) is 48.5 Å². The topological polar surface area (TPSA) is 92.4 Å². The van der Waals surface area contributed by atoms with Crippen LogP contribution in [0.1, 0.15) is 22.2 Å². The number of aromatic amines is 1. The van der Waals surface area contributed by atoms with E-state index in [0.717, 1.165) is 0 Å². The molecule has 1 N–H and O–H groups in total. The van der Waals surface area contributed by atoms with Gasteiger partial charge in [0.2, 0.25) is 6.10 Å². The molecular weight excluding hydrogens is 334 g/mol. The molecule has 0 bridgehead atoms. The van der Waals surface area contributed by atoms with Crippen molar-refractivity contribution in [2.24, 2.45) is 0 Å². The number of esters is 1. The van der Waals surface area contributed by atoms with E-state index in [1.165, 1.54) is 4.90 Å². The van der Waals surface area contributed by atoms with Crippen LogP contribution in [0.5, 0.6) is 0 Å². The molecule has 26 heavy (non-hydrogen) atoms. The first-order chi connectivity index (χ1) is 12.5. The molecule has 7 nitrogen and oxygen atoms in total. The fraction of sp³-hybridized carbons (Fsp3) is 0.158. The zero-order valence-electron chi connectivity index (χ0n) is 14.3. The van der Waals surface area contributed by atoms with Gasteiger partial charge in [-0.05, 0) is 6.07 Å². The average molecular weight is 351 g/mol. The predicted molar refractivity (Wildman–Crippen MR) is 95.7 cm³/mol. The van der Waals surface area contributed by atoms with Crippen LogP contribution >= 0.6 is 0 Å². The fourth-order valence-electron chi connectivity index (χ4n) is 2.56. The second-order valence-corrected chi connectivity index (χ2v) is 5.88. The Morgan fingerprint density at radius 1 is 1.00 bits per heavy atom. The minimum absolute atomic E-state index is 0.0484. The van der Waals surface area contributed by atoms with Gasteiger partial charge in [-0.3, -0.25) is 9.59 Å². The van der Waals surface area contributed by atoms with Crippen LogP contribution in [0, 0.1) is 0 Å². The number of ether oxygens (including phenoxy) is 1. The highest BCUT2D eigenvalue weighted by Gasteiger charge is 2.28. The maximum Gasteiger partial charge on any atom is 0.360 e. The number of amides is 1. The number of nitrogens with one attached hydrogen (secondary N) is 1. The summed E-state index contributed by atoms with van der Waals surface area (Å²) in [6.45, 7) is 0. The normalized spacial score (nSPS) is 11.8. The summed E-state index contributed by atoms with van der Waals surface area (Å²) in [4.78, 5) is 38.4. The lowest BCUT2D eigenvalue weighted by atomic mass is 10.1. The van der Waals surface area contributed by atoms with Crippen LogP contribution in [0.25, 0.3) is 10.8 Å². The summed E-state index contributed by atoms with van der Waals surface area (Å²) in [6.07, 6.45) is -1.11. The molecule has 0 aliphatic heterocycles. The number of carbonyl (C=O) groups is 2. The van der Waals surface area contributed by atoms with Gasteiger partial charge in [0, 0.05) is 25.0 Å². The first kappa shape index (κ1) is 17.3. The lowest BCUT2D eigenvalue weighted by molar-refractivity contribution is -0.138. The van der Waals surface area contributed by atoms with Crippen LogP contribution in [0.4, 0.5) is 0 Å². The van der Waals surface area contributed by atoms with Crippen LogP contribution in [0.15, 0.2) is 59.4 Å². The van der Waals surface area contributed by atoms with Crippen LogP contribution in [-0.2, 0) is 9.53 Å². The van der Waals surface area contributed by atoms with Gasteiger partial charge in [-0.2, -0.15) is 5.10 Å². The third kappa shape index (κ3) is 3.32. The number of nitrogens with zero attached hydrogens (tertiary/aromatic N) is 2. The first-order valence-corrected chi connectivity index (χ1v) is 7.93. The number of likely N-dealkylation sites (N-methyl/N-ethyl adjacent to an activating group) is 1. The van der Waals surface area contributed by atoms with E-state index in [4.69, 9.17) is 4.74 Å². The zero-order valence-corrected chi connectivity index (χ0v) is 14.3. The van der Waals surface area contributed by atoms with Crippen molar-refractivity contribution in [3.63, 3.8) is 0 Å². The molecule has 1 atom stereocenters. The number of H-pyrrole nitrogens is 1. The van der Waals surface area contributed by atoms with Gasteiger partial charge in [-0.25, -0.2) is 9.89 Å². The Kier molecular flexibility index (Phi) is 4.79. The number of aromatic nitrogens is 2. The Labute approximate surface area is 149 Å². The number of hydrogen-bond acceptors (Lipinski definition) is 5. The lowest BCUT2D eigenvalue weighted by Gasteiger charge is -2.21. The highest BCUT2D eigenvalue weighted by atomic mass is 16.5. The summed E-state index contributed by atoms with van der Waals surface area (Å²) < 4.78 is 5.48. The molecule has 0 fully saturated rings. The van der Waals surface area contributed by atoms with Gasteiger partial charge in [0.15, 0.2) is 5.69 Å². The number of fused-ring (bicyclic) bond motifs is 1. The standard InChI is InChI=1S/C19H17N3O4/c1-22(2)18(24)16(12-8-4-3-5-9-12)26-19(25)15-13-10-6-7-11-14(13)17(23)21-20-15/h3-11,16H,1-2H3,(H,21,23)/t16-/m1/s1. The monoisotopic (exact) mass is 351 g/mol. The van der Waals surface area contributed by atoms with E-state index in [2.05, 4.69) is 10.2 Å². The lowest BCUT2D eigenvalue weighted by Crippen LogP contribution is -2.31. The largest absolute Gasteiger partial charge is 0.442 e. The van der Waals surface area contributed by atoms with E-state index in [1.54, 1.807) is 68.7 Å². The highest BCUT2D eigenvalue weighted by Crippen LogP contribution is 2.22. The molecule has 0 unspecified atom stereocenters.